The molecule has 0 bridgehead atoms. The van der Waals surface area contributed by atoms with E-state index >= 15 is 0 Å². The molecule has 0 aromatic heterocycles. The number of rotatable bonds is 5. The van der Waals surface area contributed by atoms with Crippen LogP contribution in [0.3, 0.4) is 0 Å². The van der Waals surface area contributed by atoms with Crippen molar-refractivity contribution in [2.45, 2.75) is 26.3 Å². The molecule has 2 aliphatic heterocycles. The predicted molar refractivity (Wildman–Crippen MR) is 112 cm³/mol. The molecule has 0 spiro atoms. The lowest BCUT2D eigenvalue weighted by Crippen LogP contribution is -2.39. The maximum absolute atomic E-state index is 12.7. The third-order valence-corrected chi connectivity index (χ3v) is 7.80. The van der Waals surface area contributed by atoms with Gasteiger partial charge in [0.05, 0.1) is 22.5 Å². The summed E-state index contributed by atoms with van der Waals surface area (Å²) in [5.74, 6) is -0.0544. The first-order valence-corrected chi connectivity index (χ1v) is 11.7. The Kier molecular flexibility index (Phi) is 5.74. The summed E-state index contributed by atoms with van der Waals surface area (Å²) in [6.07, 6.45) is 2.29. The molecule has 1 amide bonds. The fourth-order valence-corrected chi connectivity index (χ4v) is 6.40. The van der Waals surface area contributed by atoms with Crippen LogP contribution in [0.5, 0.6) is 0 Å². The molecule has 2 aliphatic rings. The summed E-state index contributed by atoms with van der Waals surface area (Å²) in [6, 6.07) is 7.73. The van der Waals surface area contributed by atoms with Crippen molar-refractivity contribution in [2.24, 2.45) is 0 Å². The predicted octanol–water partition coefficient (Wildman–Crippen LogP) is 2.92. The molecular formula is C18H22N2O3S3. The van der Waals surface area contributed by atoms with Crippen LogP contribution in [-0.4, -0.2) is 54.2 Å². The molecule has 3 rings (SSSR count). The van der Waals surface area contributed by atoms with Crippen LogP contribution in [0.1, 0.15) is 25.8 Å². The summed E-state index contributed by atoms with van der Waals surface area (Å²) in [5, 5.41) is 0. The van der Waals surface area contributed by atoms with Gasteiger partial charge in [0.15, 0.2) is 9.84 Å². The van der Waals surface area contributed by atoms with Crippen molar-refractivity contribution >= 4 is 55.8 Å². The summed E-state index contributed by atoms with van der Waals surface area (Å²) in [4.78, 5) is 17.0. The van der Waals surface area contributed by atoms with Gasteiger partial charge in [-0.1, -0.05) is 36.1 Å². The van der Waals surface area contributed by atoms with Crippen molar-refractivity contribution in [1.82, 2.24) is 4.90 Å². The van der Waals surface area contributed by atoms with Crippen LogP contribution in [0.15, 0.2) is 29.2 Å². The topological polar surface area (TPSA) is 57.7 Å². The molecular weight excluding hydrogens is 388 g/mol. The van der Waals surface area contributed by atoms with E-state index in [-0.39, 0.29) is 23.5 Å². The van der Waals surface area contributed by atoms with E-state index in [0.717, 1.165) is 24.3 Å². The van der Waals surface area contributed by atoms with E-state index in [1.165, 1.54) is 16.7 Å². The van der Waals surface area contributed by atoms with E-state index in [1.54, 1.807) is 0 Å². The molecule has 0 unspecified atom stereocenters. The van der Waals surface area contributed by atoms with E-state index in [4.69, 9.17) is 12.2 Å². The number of hydrogen-bond acceptors (Lipinski definition) is 6. The van der Waals surface area contributed by atoms with E-state index < -0.39 is 9.84 Å². The van der Waals surface area contributed by atoms with E-state index in [1.807, 2.05) is 30.3 Å². The molecule has 2 saturated heterocycles. The highest BCUT2D eigenvalue weighted by atomic mass is 32.2. The van der Waals surface area contributed by atoms with Crippen molar-refractivity contribution in [3.8, 4) is 0 Å². The minimum absolute atomic E-state index is 0.00525. The Bertz CT molecular complexity index is 843. The lowest BCUT2D eigenvalue weighted by Gasteiger charge is -2.21. The Labute approximate surface area is 164 Å². The van der Waals surface area contributed by atoms with Gasteiger partial charge in [0.1, 0.15) is 4.32 Å². The molecule has 2 heterocycles. The van der Waals surface area contributed by atoms with Gasteiger partial charge in [0, 0.05) is 18.8 Å². The quantitative estimate of drug-likeness (QED) is 0.550. The fourth-order valence-electron chi connectivity index (χ4n) is 3.30. The number of thioether (sulfide) groups is 1. The summed E-state index contributed by atoms with van der Waals surface area (Å²) in [6.45, 7) is 6.12. The number of carbonyl (C=O) groups excluding carboxylic acids is 1. The number of benzene rings is 1. The molecule has 0 aliphatic carbocycles. The first-order valence-electron chi connectivity index (χ1n) is 8.67. The Morgan fingerprint density at radius 3 is 2.46 bits per heavy atom. The van der Waals surface area contributed by atoms with Gasteiger partial charge >= 0.3 is 0 Å². The van der Waals surface area contributed by atoms with Gasteiger partial charge in [-0.25, -0.2) is 8.42 Å². The number of thiocarbonyl (C=S) groups is 1. The maximum Gasteiger partial charge on any atom is 0.266 e. The minimum Gasteiger partial charge on any atom is -0.372 e. The number of anilines is 1. The standard InChI is InChI=1S/C18H22N2O3S3/c1-3-19(4-2)14-7-5-13(6-8-14)11-16-17(21)20(18(24)25-16)15-9-10-26(22,23)12-15/h5-8,11,15H,3-4,9-10,12H2,1-2H3/b16-11-/t15-/m1/s1. The molecule has 1 atom stereocenters. The van der Waals surface area contributed by atoms with Gasteiger partial charge in [-0.2, -0.15) is 0 Å². The first-order chi connectivity index (χ1) is 12.3. The molecule has 0 saturated carbocycles. The van der Waals surface area contributed by atoms with Gasteiger partial charge in [-0.15, -0.1) is 0 Å². The second-order valence-electron chi connectivity index (χ2n) is 6.37. The summed E-state index contributed by atoms with van der Waals surface area (Å²) in [5.41, 5.74) is 2.08. The first kappa shape index (κ1) is 19.4. The van der Waals surface area contributed by atoms with Crippen LogP contribution in [0.4, 0.5) is 5.69 Å². The average Bonchev–Trinajstić information content (AvgIpc) is 3.09. The van der Waals surface area contributed by atoms with E-state index in [0.29, 0.717) is 15.6 Å². The minimum atomic E-state index is -3.06. The van der Waals surface area contributed by atoms with Crippen LogP contribution in [0.25, 0.3) is 6.08 Å². The zero-order valence-electron chi connectivity index (χ0n) is 14.8. The number of hydrogen-bond donors (Lipinski definition) is 0. The van der Waals surface area contributed by atoms with E-state index in [9.17, 15) is 13.2 Å². The van der Waals surface area contributed by atoms with Crippen LogP contribution >= 0.6 is 24.0 Å². The molecule has 1 aromatic carbocycles. The second kappa shape index (κ2) is 7.70. The Hall–Kier alpha value is -1.38. The normalized spacial score (nSPS) is 23.8. The zero-order chi connectivity index (χ0) is 18.9. The zero-order valence-corrected chi connectivity index (χ0v) is 17.3. The highest BCUT2D eigenvalue weighted by Crippen LogP contribution is 2.36. The van der Waals surface area contributed by atoms with Gasteiger partial charge in [-0.3, -0.25) is 9.69 Å². The molecule has 5 nitrogen and oxygen atoms in total. The number of carbonyl (C=O) groups is 1. The third-order valence-electron chi connectivity index (χ3n) is 4.72. The fraction of sp³-hybridized carbons (Fsp3) is 0.444. The molecule has 0 radical (unpaired) electrons. The lowest BCUT2D eigenvalue weighted by molar-refractivity contribution is -0.123. The number of amides is 1. The van der Waals surface area contributed by atoms with Crippen LogP contribution in [0, 0.1) is 0 Å². The van der Waals surface area contributed by atoms with Gasteiger partial charge < -0.3 is 4.90 Å². The molecule has 0 N–H and O–H groups in total. The van der Waals surface area contributed by atoms with Crippen LogP contribution in [0.2, 0.25) is 0 Å². The molecule has 26 heavy (non-hydrogen) atoms. The Morgan fingerprint density at radius 1 is 1.27 bits per heavy atom. The summed E-state index contributed by atoms with van der Waals surface area (Å²) < 4.78 is 23.9. The SMILES string of the molecule is CCN(CC)c1ccc(/C=C2\SC(=S)N([C@@H]3CCS(=O)(=O)C3)C2=O)cc1. The van der Waals surface area contributed by atoms with Crippen molar-refractivity contribution in [1.29, 1.82) is 0 Å². The summed E-state index contributed by atoms with van der Waals surface area (Å²) >= 11 is 6.58. The molecule has 1 aromatic rings. The number of nitrogens with zero attached hydrogens (tertiary/aromatic N) is 2. The third kappa shape index (κ3) is 3.97. The number of sulfone groups is 1. The van der Waals surface area contributed by atoms with Crippen LogP contribution in [-0.2, 0) is 14.6 Å². The second-order valence-corrected chi connectivity index (χ2v) is 10.3. The Morgan fingerprint density at radius 2 is 1.92 bits per heavy atom. The van der Waals surface area contributed by atoms with Gasteiger partial charge in [-0.05, 0) is 44.0 Å². The van der Waals surface area contributed by atoms with Gasteiger partial charge in [0.2, 0.25) is 0 Å². The van der Waals surface area contributed by atoms with Crippen molar-refractivity contribution in [3.05, 3.63) is 34.7 Å². The molecule has 2 fully saturated rings. The van der Waals surface area contributed by atoms with Crippen molar-refractivity contribution in [2.75, 3.05) is 29.5 Å². The largest absolute Gasteiger partial charge is 0.372 e. The van der Waals surface area contributed by atoms with Gasteiger partial charge in [0.25, 0.3) is 5.91 Å². The lowest BCUT2D eigenvalue weighted by atomic mass is 10.1. The monoisotopic (exact) mass is 410 g/mol. The average molecular weight is 411 g/mol. The summed E-state index contributed by atoms with van der Waals surface area (Å²) in [7, 11) is -3.06. The van der Waals surface area contributed by atoms with Crippen molar-refractivity contribution < 1.29 is 13.2 Å². The molecule has 8 heteroatoms. The van der Waals surface area contributed by atoms with Crippen LogP contribution < -0.4 is 4.90 Å². The smallest absolute Gasteiger partial charge is 0.266 e. The molecule has 140 valence electrons. The highest BCUT2D eigenvalue weighted by molar-refractivity contribution is 8.26. The van der Waals surface area contributed by atoms with Crippen molar-refractivity contribution in [3.63, 3.8) is 0 Å². The maximum atomic E-state index is 12.7. The highest BCUT2D eigenvalue weighted by Gasteiger charge is 2.42. The van der Waals surface area contributed by atoms with E-state index in [2.05, 4.69) is 18.7 Å². The Balaban J connectivity index is 1.78.